The summed E-state index contributed by atoms with van der Waals surface area (Å²) in [6.07, 6.45) is 70.5. The third-order valence-corrected chi connectivity index (χ3v) is 12.7. The molecule has 0 saturated heterocycles. The molecule has 0 bridgehead atoms. The molecule has 0 saturated carbocycles. The molecule has 0 aromatic heterocycles. The fraction of sp³-hybridized carbons (Fsp3) is 0.729. The number of phosphoric acid groups is 1. The largest absolute Gasteiger partial charge is 0.472 e. The summed E-state index contributed by atoms with van der Waals surface area (Å²) >= 11 is 0. The number of phosphoric ester groups is 1. The lowest BCUT2D eigenvalue weighted by molar-refractivity contribution is -0.161. The number of unbranched alkanes of at least 4 members (excludes halogenated alkanes) is 25. The van der Waals surface area contributed by atoms with Crippen molar-refractivity contribution in [1.82, 2.24) is 0 Å². The molecule has 0 aliphatic carbocycles. The fourth-order valence-electron chi connectivity index (χ4n) is 7.63. The number of carbonyl (C=O) groups is 2. The van der Waals surface area contributed by atoms with Crippen LogP contribution in [0.15, 0.2) is 85.1 Å². The minimum atomic E-state index is -4.39. The van der Waals surface area contributed by atoms with E-state index in [0.717, 1.165) is 89.9 Å². The highest BCUT2D eigenvalue weighted by atomic mass is 31.2. The molecular weight excluding hydrogens is 882 g/mol. The third kappa shape index (κ3) is 54.4. The number of esters is 2. The van der Waals surface area contributed by atoms with Crippen molar-refractivity contribution >= 4 is 19.8 Å². The van der Waals surface area contributed by atoms with Crippen molar-refractivity contribution in [3.8, 4) is 0 Å². The summed E-state index contributed by atoms with van der Waals surface area (Å²) < 4.78 is 33.0. The van der Waals surface area contributed by atoms with Crippen LogP contribution in [0.4, 0.5) is 0 Å². The van der Waals surface area contributed by atoms with Crippen LogP contribution in [0.1, 0.15) is 245 Å². The zero-order valence-corrected chi connectivity index (χ0v) is 45.2. The quantitative estimate of drug-likeness (QED) is 0.0264. The van der Waals surface area contributed by atoms with E-state index in [2.05, 4.69) is 98.9 Å². The molecular formula is C59H104NO8P. The minimum absolute atomic E-state index is 0.0486. The zero-order valence-electron chi connectivity index (χ0n) is 44.3. The number of allylic oxidation sites excluding steroid dienone is 14. The standard InChI is InChI=1S/C59H104NO8P/c1-3-5-7-9-11-13-15-17-19-21-23-25-27-28-30-32-34-36-38-40-42-44-46-48-50-52-59(62)68-57(56-67-69(63,64)66-54-53-60)55-65-58(61)51-49-47-45-43-41-39-37-35-33-31-29-26-24-22-20-18-16-14-12-10-8-6-4-2/h5,7,11,13,16-19,22-25,29,31,57H,3-4,6,8-10,12,14-15,20-21,26-28,30,32-56,60H2,1-2H3,(H,63,64)/b7-5-,13-11-,18-16-,19-17-,24-22-,25-23-,31-29-. The molecule has 398 valence electrons. The van der Waals surface area contributed by atoms with Crippen LogP contribution < -0.4 is 5.73 Å². The molecule has 2 unspecified atom stereocenters. The Kier molecular flexibility index (Phi) is 52.3. The Hall–Kier alpha value is -2.81. The maximum absolute atomic E-state index is 12.7. The maximum Gasteiger partial charge on any atom is 0.472 e. The van der Waals surface area contributed by atoms with Gasteiger partial charge in [0.1, 0.15) is 6.61 Å². The van der Waals surface area contributed by atoms with Gasteiger partial charge in [-0.05, 0) is 89.9 Å². The van der Waals surface area contributed by atoms with Crippen molar-refractivity contribution in [3.05, 3.63) is 85.1 Å². The molecule has 0 aliphatic rings. The molecule has 0 spiro atoms. The first-order chi connectivity index (χ1) is 33.8. The molecule has 0 aromatic rings. The average Bonchev–Trinajstić information content (AvgIpc) is 3.34. The molecule has 0 aromatic carbocycles. The van der Waals surface area contributed by atoms with Crippen LogP contribution in [0.3, 0.4) is 0 Å². The molecule has 0 heterocycles. The van der Waals surface area contributed by atoms with E-state index in [1.165, 1.54) is 122 Å². The van der Waals surface area contributed by atoms with E-state index < -0.39 is 26.5 Å². The monoisotopic (exact) mass is 986 g/mol. The summed E-state index contributed by atoms with van der Waals surface area (Å²) in [5.41, 5.74) is 5.38. The van der Waals surface area contributed by atoms with Crippen molar-refractivity contribution in [2.45, 2.75) is 251 Å². The highest BCUT2D eigenvalue weighted by molar-refractivity contribution is 7.47. The Bertz CT molecular complexity index is 1400. The van der Waals surface area contributed by atoms with E-state index in [4.69, 9.17) is 24.3 Å². The molecule has 0 rings (SSSR count). The lowest BCUT2D eigenvalue weighted by Crippen LogP contribution is -2.29. The summed E-state index contributed by atoms with van der Waals surface area (Å²) in [4.78, 5) is 35.2. The average molecular weight is 986 g/mol. The fourth-order valence-corrected chi connectivity index (χ4v) is 8.40. The van der Waals surface area contributed by atoms with E-state index >= 15 is 0 Å². The summed E-state index contributed by atoms with van der Waals surface area (Å²) in [6.45, 7) is 3.62. The van der Waals surface area contributed by atoms with Gasteiger partial charge in [0.2, 0.25) is 0 Å². The molecule has 9 nitrogen and oxygen atoms in total. The van der Waals surface area contributed by atoms with E-state index in [0.29, 0.717) is 6.42 Å². The molecule has 69 heavy (non-hydrogen) atoms. The van der Waals surface area contributed by atoms with Crippen LogP contribution in [-0.2, 0) is 32.7 Å². The second-order valence-corrected chi connectivity index (χ2v) is 19.9. The number of hydrogen-bond acceptors (Lipinski definition) is 8. The first kappa shape index (κ1) is 66.2. The van der Waals surface area contributed by atoms with E-state index in [1.54, 1.807) is 0 Å². The predicted octanol–water partition coefficient (Wildman–Crippen LogP) is 17.5. The molecule has 2 atom stereocenters. The summed E-state index contributed by atoms with van der Waals surface area (Å²) in [5.74, 6) is -0.838. The van der Waals surface area contributed by atoms with Crippen molar-refractivity contribution in [1.29, 1.82) is 0 Å². The smallest absolute Gasteiger partial charge is 0.462 e. The highest BCUT2D eigenvalue weighted by Gasteiger charge is 2.26. The number of carbonyl (C=O) groups excluding carboxylic acids is 2. The first-order valence-corrected chi connectivity index (χ1v) is 29.6. The highest BCUT2D eigenvalue weighted by Crippen LogP contribution is 2.43. The topological polar surface area (TPSA) is 134 Å². The van der Waals surface area contributed by atoms with Crippen LogP contribution in [0.5, 0.6) is 0 Å². The van der Waals surface area contributed by atoms with Gasteiger partial charge in [-0.15, -0.1) is 0 Å². The van der Waals surface area contributed by atoms with Crippen LogP contribution in [0, 0.1) is 0 Å². The van der Waals surface area contributed by atoms with Gasteiger partial charge in [-0.1, -0.05) is 227 Å². The lowest BCUT2D eigenvalue weighted by atomic mass is 10.0. The molecule has 0 amide bonds. The Labute approximate surface area is 424 Å². The third-order valence-electron chi connectivity index (χ3n) is 11.8. The normalized spacial score (nSPS) is 13.7. The summed E-state index contributed by atoms with van der Waals surface area (Å²) in [7, 11) is -4.39. The van der Waals surface area contributed by atoms with E-state index in [1.807, 2.05) is 0 Å². The zero-order chi connectivity index (χ0) is 50.2. The van der Waals surface area contributed by atoms with Crippen molar-refractivity contribution in [2.24, 2.45) is 5.73 Å². The second kappa shape index (κ2) is 54.5. The Balaban J connectivity index is 4.03. The van der Waals surface area contributed by atoms with Crippen LogP contribution in [0.2, 0.25) is 0 Å². The van der Waals surface area contributed by atoms with Gasteiger partial charge in [-0.25, -0.2) is 4.57 Å². The van der Waals surface area contributed by atoms with Gasteiger partial charge < -0.3 is 20.1 Å². The van der Waals surface area contributed by atoms with Gasteiger partial charge in [-0.2, -0.15) is 0 Å². The second-order valence-electron chi connectivity index (χ2n) is 18.4. The van der Waals surface area contributed by atoms with Crippen molar-refractivity contribution < 1.29 is 37.6 Å². The Morgan fingerprint density at radius 3 is 1.19 bits per heavy atom. The SMILES string of the molecule is CC/C=C\C/C=C\C/C=C\C/C=C\CCCCCCCCCCCCCCC(=O)OC(COC(=O)CCCCCCCCCC/C=C\C/C=C\C/C=C\CCCCCCC)COP(=O)(O)OCCN. The summed E-state index contributed by atoms with van der Waals surface area (Å²) in [6, 6.07) is 0. The van der Waals surface area contributed by atoms with Gasteiger partial charge in [0.05, 0.1) is 13.2 Å². The van der Waals surface area contributed by atoms with Gasteiger partial charge in [0, 0.05) is 19.4 Å². The number of ether oxygens (including phenoxy) is 2. The summed E-state index contributed by atoms with van der Waals surface area (Å²) in [5, 5.41) is 0. The van der Waals surface area contributed by atoms with E-state index in [-0.39, 0.29) is 38.6 Å². The maximum atomic E-state index is 12.7. The van der Waals surface area contributed by atoms with Crippen LogP contribution in [-0.4, -0.2) is 49.3 Å². The number of nitrogens with two attached hydrogens (primary N) is 1. The molecule has 10 heteroatoms. The van der Waals surface area contributed by atoms with Crippen molar-refractivity contribution in [3.63, 3.8) is 0 Å². The first-order valence-electron chi connectivity index (χ1n) is 28.1. The van der Waals surface area contributed by atoms with Gasteiger partial charge in [0.15, 0.2) is 6.10 Å². The molecule has 3 N–H and O–H groups in total. The predicted molar refractivity (Wildman–Crippen MR) is 293 cm³/mol. The molecule has 0 radical (unpaired) electrons. The number of rotatable bonds is 52. The van der Waals surface area contributed by atoms with Crippen LogP contribution >= 0.6 is 7.82 Å². The van der Waals surface area contributed by atoms with Gasteiger partial charge in [0.25, 0.3) is 0 Å². The Morgan fingerprint density at radius 2 is 0.797 bits per heavy atom. The lowest BCUT2D eigenvalue weighted by Gasteiger charge is -2.19. The van der Waals surface area contributed by atoms with Gasteiger partial charge >= 0.3 is 19.8 Å². The Morgan fingerprint density at radius 1 is 0.449 bits per heavy atom. The molecule has 0 aliphatic heterocycles. The minimum Gasteiger partial charge on any atom is -0.462 e. The van der Waals surface area contributed by atoms with Crippen molar-refractivity contribution in [2.75, 3.05) is 26.4 Å². The number of hydrogen-bond donors (Lipinski definition) is 2. The van der Waals surface area contributed by atoms with E-state index in [9.17, 15) is 19.0 Å². The van der Waals surface area contributed by atoms with Crippen LogP contribution in [0.25, 0.3) is 0 Å². The van der Waals surface area contributed by atoms with Gasteiger partial charge in [-0.3, -0.25) is 18.6 Å². The molecule has 0 fully saturated rings.